The van der Waals surface area contributed by atoms with Crippen LogP contribution in [0.5, 0.6) is 5.75 Å². The minimum atomic E-state index is -0.429. The highest BCUT2D eigenvalue weighted by Gasteiger charge is 2.11. The molecule has 6 heteroatoms. The van der Waals surface area contributed by atoms with Gasteiger partial charge in [-0.1, -0.05) is 23.8 Å². The van der Waals surface area contributed by atoms with Gasteiger partial charge in [0.25, 0.3) is 0 Å². The standard InChI is InChI=1S/C20H29N3O3/c1-23(14-17-9-6-10-18(13-17)26-2)15-19(24)22-20(25)21-12-11-16-7-4-3-5-8-16/h6-7,9-10,13H,3-5,8,11-12,14-15H2,1-2H3,(H2,21,22,24,25). The van der Waals surface area contributed by atoms with Crippen LogP contribution in [0.3, 0.4) is 0 Å². The average Bonchev–Trinajstić information content (AvgIpc) is 2.62. The van der Waals surface area contributed by atoms with Crippen molar-refractivity contribution in [1.82, 2.24) is 15.5 Å². The molecule has 1 aliphatic carbocycles. The Balaban J connectivity index is 1.66. The Morgan fingerprint density at radius 2 is 2.12 bits per heavy atom. The van der Waals surface area contributed by atoms with Gasteiger partial charge < -0.3 is 10.1 Å². The van der Waals surface area contributed by atoms with Gasteiger partial charge in [0, 0.05) is 13.1 Å². The van der Waals surface area contributed by atoms with Crippen molar-refractivity contribution >= 4 is 11.9 Å². The third kappa shape index (κ3) is 7.27. The molecular formula is C20H29N3O3. The lowest BCUT2D eigenvalue weighted by Crippen LogP contribution is -2.43. The number of methoxy groups -OCH3 is 1. The summed E-state index contributed by atoms with van der Waals surface area (Å²) in [7, 11) is 3.46. The fourth-order valence-electron chi connectivity index (χ4n) is 3.06. The van der Waals surface area contributed by atoms with Gasteiger partial charge in [-0.15, -0.1) is 0 Å². The molecule has 0 heterocycles. The lowest BCUT2D eigenvalue weighted by Gasteiger charge is -2.17. The van der Waals surface area contributed by atoms with E-state index in [1.807, 2.05) is 36.2 Å². The van der Waals surface area contributed by atoms with Gasteiger partial charge in [-0.2, -0.15) is 0 Å². The van der Waals surface area contributed by atoms with E-state index in [2.05, 4.69) is 16.7 Å². The molecule has 26 heavy (non-hydrogen) atoms. The van der Waals surface area contributed by atoms with Crippen molar-refractivity contribution in [2.75, 3.05) is 27.2 Å². The Kier molecular flexibility index (Phi) is 8.15. The summed E-state index contributed by atoms with van der Waals surface area (Å²) in [5.41, 5.74) is 2.45. The van der Waals surface area contributed by atoms with Crippen LogP contribution in [0, 0.1) is 0 Å². The minimum Gasteiger partial charge on any atom is -0.497 e. The van der Waals surface area contributed by atoms with Crippen LogP contribution in [0.25, 0.3) is 0 Å². The number of hydrogen-bond acceptors (Lipinski definition) is 4. The number of ether oxygens (including phenoxy) is 1. The summed E-state index contributed by atoms with van der Waals surface area (Å²) < 4.78 is 5.20. The van der Waals surface area contributed by atoms with E-state index in [9.17, 15) is 9.59 Å². The predicted octanol–water partition coefficient (Wildman–Crippen LogP) is 2.84. The summed E-state index contributed by atoms with van der Waals surface area (Å²) in [5, 5.41) is 5.13. The van der Waals surface area contributed by atoms with Crippen molar-refractivity contribution < 1.29 is 14.3 Å². The van der Waals surface area contributed by atoms with E-state index in [1.54, 1.807) is 7.11 Å². The first kappa shape index (κ1) is 20.0. The fourth-order valence-corrected chi connectivity index (χ4v) is 3.06. The highest BCUT2D eigenvalue weighted by atomic mass is 16.5. The monoisotopic (exact) mass is 359 g/mol. The zero-order valence-corrected chi connectivity index (χ0v) is 15.7. The first-order chi connectivity index (χ1) is 12.6. The maximum atomic E-state index is 12.0. The van der Waals surface area contributed by atoms with Gasteiger partial charge in [-0.05, 0) is 56.8 Å². The number of nitrogens with one attached hydrogen (secondary N) is 2. The molecule has 1 aliphatic rings. The third-order valence-electron chi connectivity index (χ3n) is 4.37. The normalized spacial score (nSPS) is 13.9. The second kappa shape index (κ2) is 10.6. The molecule has 0 saturated carbocycles. The van der Waals surface area contributed by atoms with Gasteiger partial charge >= 0.3 is 6.03 Å². The molecule has 142 valence electrons. The Morgan fingerprint density at radius 1 is 1.27 bits per heavy atom. The Bertz CT molecular complexity index is 643. The molecule has 0 spiro atoms. The predicted molar refractivity (Wildman–Crippen MR) is 102 cm³/mol. The van der Waals surface area contributed by atoms with Crippen LogP contribution in [0.2, 0.25) is 0 Å². The number of hydrogen-bond donors (Lipinski definition) is 2. The molecule has 1 aromatic rings. The second-order valence-electron chi connectivity index (χ2n) is 6.69. The number of carbonyl (C=O) groups is 2. The number of nitrogens with zero attached hydrogens (tertiary/aromatic N) is 1. The zero-order chi connectivity index (χ0) is 18.8. The smallest absolute Gasteiger partial charge is 0.321 e. The van der Waals surface area contributed by atoms with Gasteiger partial charge in [0.1, 0.15) is 5.75 Å². The zero-order valence-electron chi connectivity index (χ0n) is 15.7. The summed E-state index contributed by atoms with van der Waals surface area (Å²) in [6, 6.07) is 7.27. The van der Waals surface area contributed by atoms with Crippen molar-refractivity contribution in [1.29, 1.82) is 0 Å². The van der Waals surface area contributed by atoms with Gasteiger partial charge in [-0.25, -0.2) is 4.79 Å². The molecule has 0 radical (unpaired) electrons. The van der Waals surface area contributed by atoms with Gasteiger partial charge in [0.15, 0.2) is 0 Å². The van der Waals surface area contributed by atoms with Crippen LogP contribution >= 0.6 is 0 Å². The number of imide groups is 1. The summed E-state index contributed by atoms with van der Waals surface area (Å²) in [4.78, 5) is 25.7. The molecule has 0 atom stereocenters. The van der Waals surface area contributed by atoms with Gasteiger partial charge in [0.05, 0.1) is 13.7 Å². The summed E-state index contributed by atoms with van der Waals surface area (Å²) in [6.45, 7) is 1.31. The van der Waals surface area contributed by atoms with Crippen LogP contribution in [0.4, 0.5) is 4.79 Å². The van der Waals surface area contributed by atoms with Crippen molar-refractivity contribution in [2.24, 2.45) is 0 Å². The van der Waals surface area contributed by atoms with Crippen molar-refractivity contribution in [2.45, 2.75) is 38.6 Å². The average molecular weight is 359 g/mol. The summed E-state index contributed by atoms with van der Waals surface area (Å²) in [5.74, 6) is 0.470. The minimum absolute atomic E-state index is 0.149. The number of allylic oxidation sites excluding steroid dienone is 1. The van der Waals surface area contributed by atoms with Crippen LogP contribution in [0.15, 0.2) is 35.9 Å². The molecular weight excluding hydrogens is 330 g/mol. The summed E-state index contributed by atoms with van der Waals surface area (Å²) >= 11 is 0. The van der Waals surface area contributed by atoms with Crippen LogP contribution in [0.1, 0.15) is 37.7 Å². The van der Waals surface area contributed by atoms with Crippen molar-refractivity contribution in [3.05, 3.63) is 41.5 Å². The number of urea groups is 1. The fraction of sp³-hybridized carbons (Fsp3) is 0.500. The van der Waals surface area contributed by atoms with E-state index >= 15 is 0 Å². The first-order valence-electron chi connectivity index (χ1n) is 9.14. The molecule has 2 N–H and O–H groups in total. The molecule has 0 aromatic heterocycles. The number of amides is 3. The maximum absolute atomic E-state index is 12.0. The van der Waals surface area contributed by atoms with Crippen molar-refractivity contribution in [3.8, 4) is 5.75 Å². The molecule has 0 fully saturated rings. The first-order valence-corrected chi connectivity index (χ1v) is 9.14. The number of rotatable bonds is 8. The topological polar surface area (TPSA) is 70.7 Å². The van der Waals surface area contributed by atoms with E-state index in [1.165, 1.54) is 18.4 Å². The SMILES string of the molecule is COc1cccc(CN(C)CC(=O)NC(=O)NCCC2=CCCCC2)c1. The molecule has 6 nitrogen and oxygen atoms in total. The van der Waals surface area contributed by atoms with Gasteiger partial charge in [-0.3, -0.25) is 15.0 Å². The molecule has 0 bridgehead atoms. The number of likely N-dealkylation sites (N-methyl/N-ethyl adjacent to an activating group) is 1. The summed E-state index contributed by atoms with van der Waals surface area (Å²) in [6.07, 6.45) is 7.88. The molecule has 0 aliphatic heterocycles. The number of benzene rings is 1. The van der Waals surface area contributed by atoms with E-state index in [0.29, 0.717) is 13.1 Å². The molecule has 2 rings (SSSR count). The van der Waals surface area contributed by atoms with Crippen molar-refractivity contribution in [3.63, 3.8) is 0 Å². The van der Waals surface area contributed by atoms with Crippen LogP contribution < -0.4 is 15.4 Å². The molecule has 0 saturated heterocycles. The largest absolute Gasteiger partial charge is 0.497 e. The second-order valence-corrected chi connectivity index (χ2v) is 6.69. The third-order valence-corrected chi connectivity index (χ3v) is 4.37. The Labute approximate surface area is 155 Å². The van der Waals surface area contributed by atoms with Crippen LogP contribution in [-0.4, -0.2) is 44.1 Å². The van der Waals surface area contributed by atoms with Crippen LogP contribution in [-0.2, 0) is 11.3 Å². The lowest BCUT2D eigenvalue weighted by atomic mass is 9.97. The maximum Gasteiger partial charge on any atom is 0.321 e. The molecule has 3 amide bonds. The van der Waals surface area contributed by atoms with E-state index in [4.69, 9.17) is 4.74 Å². The Morgan fingerprint density at radius 3 is 2.85 bits per heavy atom. The van der Waals surface area contributed by atoms with Gasteiger partial charge in [0.2, 0.25) is 5.91 Å². The highest BCUT2D eigenvalue weighted by molar-refractivity contribution is 5.95. The van der Waals surface area contributed by atoms with E-state index < -0.39 is 6.03 Å². The Hall–Kier alpha value is -2.34. The molecule has 0 unspecified atom stereocenters. The highest BCUT2D eigenvalue weighted by Crippen LogP contribution is 2.19. The van der Waals surface area contributed by atoms with E-state index in [0.717, 1.165) is 30.6 Å². The quantitative estimate of drug-likeness (QED) is 0.700. The molecule has 1 aromatic carbocycles. The van der Waals surface area contributed by atoms with E-state index in [-0.39, 0.29) is 12.5 Å². The number of carbonyl (C=O) groups excluding carboxylic acids is 2. The lowest BCUT2D eigenvalue weighted by molar-refractivity contribution is -0.120.